The van der Waals surface area contributed by atoms with Crippen LogP contribution in [-0.2, 0) is 6.54 Å². The van der Waals surface area contributed by atoms with Crippen LogP contribution in [0.25, 0.3) is 0 Å². The van der Waals surface area contributed by atoms with Gasteiger partial charge in [-0.1, -0.05) is 24.3 Å². The minimum absolute atomic E-state index is 0. The summed E-state index contributed by atoms with van der Waals surface area (Å²) < 4.78 is 11.2. The highest BCUT2D eigenvalue weighted by Gasteiger charge is 2.11. The number of ether oxygens (including phenoxy) is 2. The van der Waals surface area contributed by atoms with E-state index in [-0.39, 0.29) is 24.0 Å². The summed E-state index contributed by atoms with van der Waals surface area (Å²) in [5.74, 6) is 2.05. The molecule has 6 nitrogen and oxygen atoms in total. The minimum atomic E-state index is 0. The highest BCUT2D eigenvalue weighted by atomic mass is 127. The molecule has 27 heavy (non-hydrogen) atoms. The number of nitrogens with zero attached hydrogens (tertiary/aromatic N) is 3. The molecule has 3 rings (SSSR count). The van der Waals surface area contributed by atoms with Crippen LogP contribution in [0.3, 0.4) is 0 Å². The van der Waals surface area contributed by atoms with Crippen LogP contribution < -0.4 is 15.2 Å². The van der Waals surface area contributed by atoms with E-state index in [2.05, 4.69) is 14.9 Å². The van der Waals surface area contributed by atoms with Gasteiger partial charge in [0.2, 0.25) is 5.88 Å². The molecule has 0 saturated carbocycles. The van der Waals surface area contributed by atoms with Crippen LogP contribution in [0.15, 0.2) is 53.7 Å². The van der Waals surface area contributed by atoms with Gasteiger partial charge in [0.25, 0.3) is 0 Å². The van der Waals surface area contributed by atoms with Crippen molar-refractivity contribution in [2.75, 3.05) is 26.3 Å². The Balaban J connectivity index is 0.00000261. The maximum Gasteiger partial charge on any atom is 0.213 e. The fourth-order valence-electron chi connectivity index (χ4n) is 2.81. The van der Waals surface area contributed by atoms with Gasteiger partial charge in [0.1, 0.15) is 19.0 Å². The molecule has 7 heteroatoms. The summed E-state index contributed by atoms with van der Waals surface area (Å²) >= 11 is 0. The van der Waals surface area contributed by atoms with Crippen LogP contribution in [0.5, 0.6) is 11.6 Å². The van der Waals surface area contributed by atoms with Crippen molar-refractivity contribution in [2.24, 2.45) is 10.7 Å². The first-order valence-electron chi connectivity index (χ1n) is 9.12. The highest BCUT2D eigenvalue weighted by molar-refractivity contribution is 14.0. The number of aliphatic imine (C=N–C) groups is 1. The number of pyridine rings is 1. The molecule has 0 aliphatic carbocycles. The average Bonchev–Trinajstić information content (AvgIpc) is 2.72. The lowest BCUT2D eigenvalue weighted by Gasteiger charge is -2.27. The summed E-state index contributed by atoms with van der Waals surface area (Å²) in [5.41, 5.74) is 7.08. The number of hydrogen-bond donors (Lipinski definition) is 1. The Morgan fingerprint density at radius 1 is 1.00 bits per heavy atom. The number of halogens is 1. The Hall–Kier alpha value is -2.03. The second-order valence-electron chi connectivity index (χ2n) is 6.24. The van der Waals surface area contributed by atoms with Crippen LogP contribution in [0.2, 0.25) is 0 Å². The lowest BCUT2D eigenvalue weighted by Crippen LogP contribution is -2.40. The van der Waals surface area contributed by atoms with Crippen molar-refractivity contribution in [3.05, 3.63) is 54.2 Å². The van der Waals surface area contributed by atoms with Crippen LogP contribution in [0, 0.1) is 0 Å². The molecule has 1 aliphatic heterocycles. The van der Waals surface area contributed by atoms with E-state index in [1.165, 1.54) is 19.3 Å². The van der Waals surface area contributed by atoms with E-state index in [1.807, 2.05) is 42.5 Å². The third kappa shape index (κ3) is 7.24. The molecule has 1 aliphatic rings. The van der Waals surface area contributed by atoms with Gasteiger partial charge in [-0.05, 0) is 37.0 Å². The number of nitrogens with two attached hydrogens (primary N) is 1. The van der Waals surface area contributed by atoms with Gasteiger partial charge in [-0.15, -0.1) is 24.0 Å². The molecule has 2 heterocycles. The molecule has 0 atom stereocenters. The molecule has 1 fully saturated rings. The molecular weight excluding hydrogens is 455 g/mol. The van der Waals surface area contributed by atoms with E-state index < -0.39 is 0 Å². The highest BCUT2D eigenvalue weighted by Crippen LogP contribution is 2.11. The van der Waals surface area contributed by atoms with Gasteiger partial charge >= 0.3 is 0 Å². The molecule has 0 spiro atoms. The standard InChI is InChI=1S/C20H26N4O2.HI/c21-20(24-11-5-2-6-12-24)23-16-17-9-10-19(22-15-17)26-14-13-25-18-7-3-1-4-8-18;/h1,3-4,7-10,15H,2,5-6,11-14,16H2,(H2,21,23);1H. The van der Waals surface area contributed by atoms with Gasteiger partial charge in [-0.2, -0.15) is 0 Å². The molecule has 1 aromatic heterocycles. The molecule has 0 unspecified atom stereocenters. The molecular formula is C20H27IN4O2. The van der Waals surface area contributed by atoms with E-state index >= 15 is 0 Å². The lowest BCUT2D eigenvalue weighted by molar-refractivity contribution is 0.212. The van der Waals surface area contributed by atoms with Crippen molar-refractivity contribution in [1.82, 2.24) is 9.88 Å². The van der Waals surface area contributed by atoms with E-state index in [0.717, 1.165) is 24.4 Å². The van der Waals surface area contributed by atoms with Gasteiger partial charge < -0.3 is 20.1 Å². The number of rotatable bonds is 7. The number of hydrogen-bond acceptors (Lipinski definition) is 4. The maximum atomic E-state index is 6.07. The van der Waals surface area contributed by atoms with Gasteiger partial charge in [-0.25, -0.2) is 9.98 Å². The minimum Gasteiger partial charge on any atom is -0.490 e. The predicted molar refractivity (Wildman–Crippen MR) is 118 cm³/mol. The predicted octanol–water partition coefficient (Wildman–Crippen LogP) is 3.46. The number of likely N-dealkylation sites (tertiary alicyclic amines) is 1. The van der Waals surface area contributed by atoms with Crippen molar-refractivity contribution in [2.45, 2.75) is 25.8 Å². The molecule has 0 amide bonds. The maximum absolute atomic E-state index is 6.07. The van der Waals surface area contributed by atoms with E-state index in [1.54, 1.807) is 6.20 Å². The third-order valence-electron chi connectivity index (χ3n) is 4.25. The molecule has 1 aromatic carbocycles. The molecule has 2 N–H and O–H groups in total. The van der Waals surface area contributed by atoms with Gasteiger partial charge in [0.15, 0.2) is 5.96 Å². The Morgan fingerprint density at radius 3 is 2.44 bits per heavy atom. The van der Waals surface area contributed by atoms with Crippen molar-refractivity contribution >= 4 is 29.9 Å². The van der Waals surface area contributed by atoms with Crippen molar-refractivity contribution in [1.29, 1.82) is 0 Å². The summed E-state index contributed by atoms with van der Waals surface area (Å²) in [6.45, 7) is 3.47. The monoisotopic (exact) mass is 482 g/mol. The smallest absolute Gasteiger partial charge is 0.213 e. The summed E-state index contributed by atoms with van der Waals surface area (Å²) in [6.07, 6.45) is 5.45. The molecule has 146 valence electrons. The van der Waals surface area contributed by atoms with Crippen LogP contribution >= 0.6 is 24.0 Å². The first-order chi connectivity index (χ1) is 12.8. The topological polar surface area (TPSA) is 73.0 Å². The normalized spacial score (nSPS) is 14.4. The Morgan fingerprint density at radius 2 is 1.74 bits per heavy atom. The number of guanidine groups is 1. The zero-order chi connectivity index (χ0) is 18.0. The Kier molecular flexibility index (Phi) is 9.17. The van der Waals surface area contributed by atoms with Crippen molar-refractivity contribution in [3.8, 4) is 11.6 Å². The largest absolute Gasteiger partial charge is 0.490 e. The average molecular weight is 482 g/mol. The summed E-state index contributed by atoms with van der Waals surface area (Å²) in [6, 6.07) is 13.5. The van der Waals surface area contributed by atoms with E-state index in [9.17, 15) is 0 Å². The SMILES string of the molecule is I.NC(=NCc1ccc(OCCOc2ccccc2)nc1)N1CCCCC1. The first-order valence-corrected chi connectivity index (χ1v) is 9.12. The number of para-hydroxylation sites is 1. The van der Waals surface area contributed by atoms with Gasteiger partial charge in [0, 0.05) is 25.4 Å². The fraction of sp³-hybridized carbons (Fsp3) is 0.400. The zero-order valence-electron chi connectivity index (χ0n) is 15.4. The van der Waals surface area contributed by atoms with Crippen molar-refractivity contribution in [3.63, 3.8) is 0 Å². The molecule has 1 saturated heterocycles. The second-order valence-corrected chi connectivity index (χ2v) is 6.24. The zero-order valence-corrected chi connectivity index (χ0v) is 17.7. The number of benzene rings is 1. The molecule has 0 radical (unpaired) electrons. The number of piperidine rings is 1. The second kappa shape index (κ2) is 11.6. The Labute approximate surface area is 177 Å². The summed E-state index contributed by atoms with van der Waals surface area (Å²) in [5, 5.41) is 0. The third-order valence-corrected chi connectivity index (χ3v) is 4.25. The Bertz CT molecular complexity index is 689. The molecule has 2 aromatic rings. The van der Waals surface area contributed by atoms with E-state index in [4.69, 9.17) is 15.2 Å². The van der Waals surface area contributed by atoms with Crippen LogP contribution in [-0.4, -0.2) is 42.1 Å². The van der Waals surface area contributed by atoms with Crippen molar-refractivity contribution < 1.29 is 9.47 Å². The van der Waals surface area contributed by atoms with Crippen LogP contribution in [0.4, 0.5) is 0 Å². The number of aromatic nitrogens is 1. The summed E-state index contributed by atoms with van der Waals surface area (Å²) in [4.78, 5) is 10.9. The van der Waals surface area contributed by atoms with Crippen LogP contribution in [0.1, 0.15) is 24.8 Å². The van der Waals surface area contributed by atoms with E-state index in [0.29, 0.717) is 31.6 Å². The molecule has 0 bridgehead atoms. The van der Waals surface area contributed by atoms with Gasteiger partial charge in [-0.3, -0.25) is 0 Å². The summed E-state index contributed by atoms with van der Waals surface area (Å²) in [7, 11) is 0. The van der Waals surface area contributed by atoms with Gasteiger partial charge in [0.05, 0.1) is 6.54 Å². The lowest BCUT2D eigenvalue weighted by atomic mass is 10.1. The quantitative estimate of drug-likeness (QED) is 0.283. The first kappa shape index (κ1) is 21.3. The fourth-order valence-corrected chi connectivity index (χ4v) is 2.81.